The summed E-state index contributed by atoms with van der Waals surface area (Å²) in [6.07, 6.45) is 4.05. The van der Waals surface area contributed by atoms with Crippen LogP contribution in [0.3, 0.4) is 0 Å². The highest BCUT2D eigenvalue weighted by Gasteiger charge is 2.24. The molecule has 3 aromatic rings. The van der Waals surface area contributed by atoms with Crippen molar-refractivity contribution in [1.82, 2.24) is 20.2 Å². The summed E-state index contributed by atoms with van der Waals surface area (Å²) in [5.74, 6) is 0.766. The predicted octanol–water partition coefficient (Wildman–Crippen LogP) is 3.83. The number of anilines is 1. The maximum absolute atomic E-state index is 12.8. The van der Waals surface area contributed by atoms with Crippen LogP contribution in [0.4, 0.5) is 5.82 Å². The van der Waals surface area contributed by atoms with Gasteiger partial charge in [-0.1, -0.05) is 37.3 Å². The van der Waals surface area contributed by atoms with Crippen molar-refractivity contribution in [3.63, 3.8) is 0 Å². The van der Waals surface area contributed by atoms with E-state index in [4.69, 9.17) is 0 Å². The van der Waals surface area contributed by atoms with E-state index < -0.39 is 0 Å². The molecule has 4 rings (SSSR count). The summed E-state index contributed by atoms with van der Waals surface area (Å²) in [7, 11) is 0. The molecule has 1 atom stereocenters. The van der Waals surface area contributed by atoms with Crippen molar-refractivity contribution in [1.29, 1.82) is 0 Å². The highest BCUT2D eigenvalue weighted by atomic mass is 32.1. The third-order valence-electron chi connectivity index (χ3n) is 5.64. The minimum atomic E-state index is -0.0618. The fourth-order valence-corrected chi connectivity index (χ4v) is 5.10. The number of amides is 1. The first-order valence-electron chi connectivity index (χ1n) is 10.2. The molecule has 3 heterocycles. The monoisotopic (exact) mass is 409 g/mol. The van der Waals surface area contributed by atoms with Gasteiger partial charge in [0.1, 0.15) is 17.0 Å². The zero-order valence-corrected chi connectivity index (χ0v) is 17.8. The maximum Gasteiger partial charge on any atom is 0.261 e. The first-order chi connectivity index (χ1) is 14.2. The van der Waals surface area contributed by atoms with Gasteiger partial charge in [-0.25, -0.2) is 9.97 Å². The van der Waals surface area contributed by atoms with E-state index in [-0.39, 0.29) is 5.91 Å². The molecule has 1 saturated heterocycles. The van der Waals surface area contributed by atoms with Gasteiger partial charge in [0.05, 0.1) is 10.3 Å². The number of hydrogen-bond donors (Lipinski definition) is 2. The summed E-state index contributed by atoms with van der Waals surface area (Å²) in [5.41, 5.74) is 2.02. The summed E-state index contributed by atoms with van der Waals surface area (Å²) in [6, 6.07) is 10.5. The molecular formula is C22H27N5OS. The first kappa shape index (κ1) is 19.8. The Hall–Kier alpha value is -2.51. The Morgan fingerprint density at radius 1 is 1.28 bits per heavy atom. The lowest BCUT2D eigenvalue weighted by Crippen LogP contribution is -2.34. The van der Waals surface area contributed by atoms with Gasteiger partial charge in [-0.05, 0) is 44.0 Å². The number of likely N-dealkylation sites (tertiary alicyclic amines) is 1. The van der Waals surface area contributed by atoms with Crippen molar-refractivity contribution < 1.29 is 4.79 Å². The summed E-state index contributed by atoms with van der Waals surface area (Å²) < 4.78 is 0. The highest BCUT2D eigenvalue weighted by molar-refractivity contribution is 7.20. The van der Waals surface area contributed by atoms with Gasteiger partial charge in [0.2, 0.25) is 0 Å². The lowest BCUT2D eigenvalue weighted by atomic mass is 10.1. The van der Waals surface area contributed by atoms with E-state index in [0.717, 1.165) is 40.3 Å². The second-order valence-corrected chi connectivity index (χ2v) is 8.43. The number of likely N-dealkylation sites (N-methyl/N-ethyl adjacent to an activating group) is 1. The Labute approximate surface area is 175 Å². The third kappa shape index (κ3) is 4.26. The number of thiophene rings is 1. The topological polar surface area (TPSA) is 70.1 Å². The van der Waals surface area contributed by atoms with E-state index >= 15 is 0 Å². The number of nitrogens with zero attached hydrogens (tertiary/aromatic N) is 3. The molecule has 1 aliphatic heterocycles. The number of fused-ring (bicyclic) bond motifs is 1. The molecule has 6 nitrogen and oxygen atoms in total. The zero-order chi connectivity index (χ0) is 20.2. The molecular weight excluding hydrogens is 382 g/mol. The molecule has 0 spiro atoms. The van der Waals surface area contributed by atoms with Crippen LogP contribution in [-0.2, 0) is 6.54 Å². The van der Waals surface area contributed by atoms with Crippen molar-refractivity contribution in [2.75, 3.05) is 25.0 Å². The summed E-state index contributed by atoms with van der Waals surface area (Å²) in [4.78, 5) is 25.7. The minimum Gasteiger partial charge on any atom is -0.368 e. The smallest absolute Gasteiger partial charge is 0.261 e. The summed E-state index contributed by atoms with van der Waals surface area (Å²) in [5, 5.41) is 7.51. The molecule has 0 radical (unpaired) electrons. The lowest BCUT2D eigenvalue weighted by molar-refractivity contribution is 0.0954. The first-order valence-corrected chi connectivity index (χ1v) is 11.0. The molecule has 1 aliphatic rings. The molecule has 0 aliphatic carbocycles. The standard InChI is InChI=1S/C22H27N5OS/c1-3-27-11-7-10-17(27)13-23-20-18-15(2)19(29-22(18)26-14-25-20)21(28)24-12-16-8-5-4-6-9-16/h4-6,8-9,14,17H,3,7,10-13H2,1-2H3,(H,24,28)(H,23,25,26). The Kier molecular flexibility index (Phi) is 6.06. The van der Waals surface area contributed by atoms with Gasteiger partial charge in [0, 0.05) is 19.1 Å². The molecule has 152 valence electrons. The molecule has 0 saturated carbocycles. The highest BCUT2D eigenvalue weighted by Crippen LogP contribution is 2.33. The molecule has 1 aromatic carbocycles. The summed E-state index contributed by atoms with van der Waals surface area (Å²) in [6.45, 7) is 7.83. The molecule has 2 N–H and O–H groups in total. The molecule has 0 bridgehead atoms. The fourth-order valence-electron chi connectivity index (χ4n) is 4.04. The number of carbonyl (C=O) groups excluding carboxylic acids is 1. The van der Waals surface area contributed by atoms with Gasteiger partial charge < -0.3 is 10.6 Å². The van der Waals surface area contributed by atoms with Crippen LogP contribution in [0.15, 0.2) is 36.7 Å². The fraction of sp³-hybridized carbons (Fsp3) is 0.409. The molecule has 1 unspecified atom stereocenters. The molecule has 1 fully saturated rings. The normalized spacial score (nSPS) is 17.0. The van der Waals surface area contributed by atoms with Gasteiger partial charge in [0.15, 0.2) is 0 Å². The molecule has 2 aromatic heterocycles. The van der Waals surface area contributed by atoms with E-state index in [1.54, 1.807) is 6.33 Å². The average Bonchev–Trinajstić information content (AvgIpc) is 3.35. The Morgan fingerprint density at radius 3 is 2.90 bits per heavy atom. The number of carbonyl (C=O) groups is 1. The number of rotatable bonds is 7. The van der Waals surface area contributed by atoms with Gasteiger partial charge in [-0.2, -0.15) is 0 Å². The Bertz CT molecular complexity index is 988. The van der Waals surface area contributed by atoms with Crippen molar-refractivity contribution in [3.05, 3.63) is 52.7 Å². The largest absolute Gasteiger partial charge is 0.368 e. The van der Waals surface area contributed by atoms with E-state index in [0.29, 0.717) is 17.5 Å². The van der Waals surface area contributed by atoms with E-state index in [2.05, 4.69) is 32.4 Å². The zero-order valence-electron chi connectivity index (χ0n) is 16.9. The minimum absolute atomic E-state index is 0.0618. The number of hydrogen-bond acceptors (Lipinski definition) is 6. The Morgan fingerprint density at radius 2 is 2.10 bits per heavy atom. The van der Waals surface area contributed by atoms with Crippen LogP contribution in [0.25, 0.3) is 10.2 Å². The second kappa shape index (κ2) is 8.88. The van der Waals surface area contributed by atoms with Gasteiger partial charge in [-0.3, -0.25) is 9.69 Å². The third-order valence-corrected chi connectivity index (χ3v) is 6.84. The van der Waals surface area contributed by atoms with Crippen molar-refractivity contribution in [2.45, 2.75) is 39.3 Å². The quantitative estimate of drug-likeness (QED) is 0.621. The number of benzene rings is 1. The van der Waals surface area contributed by atoms with Gasteiger partial charge in [0.25, 0.3) is 5.91 Å². The van der Waals surface area contributed by atoms with E-state index in [9.17, 15) is 4.79 Å². The van der Waals surface area contributed by atoms with Gasteiger partial charge >= 0.3 is 0 Å². The van der Waals surface area contributed by atoms with Crippen LogP contribution < -0.4 is 10.6 Å². The van der Waals surface area contributed by atoms with Crippen LogP contribution in [0, 0.1) is 6.92 Å². The van der Waals surface area contributed by atoms with E-state index in [1.165, 1.54) is 30.7 Å². The number of aryl methyl sites for hydroxylation is 1. The maximum atomic E-state index is 12.8. The molecule has 29 heavy (non-hydrogen) atoms. The van der Waals surface area contributed by atoms with Crippen LogP contribution >= 0.6 is 11.3 Å². The number of aromatic nitrogens is 2. The lowest BCUT2D eigenvalue weighted by Gasteiger charge is -2.23. The van der Waals surface area contributed by atoms with Crippen LogP contribution in [0.5, 0.6) is 0 Å². The van der Waals surface area contributed by atoms with Crippen molar-refractivity contribution >= 4 is 33.3 Å². The average molecular weight is 410 g/mol. The number of nitrogens with one attached hydrogen (secondary N) is 2. The molecule has 1 amide bonds. The van der Waals surface area contributed by atoms with Crippen molar-refractivity contribution in [3.8, 4) is 0 Å². The SMILES string of the molecule is CCN1CCCC1CNc1ncnc2sc(C(=O)NCc3ccccc3)c(C)c12. The van der Waals surface area contributed by atoms with Crippen LogP contribution in [-0.4, -0.2) is 46.5 Å². The predicted molar refractivity (Wildman–Crippen MR) is 119 cm³/mol. The van der Waals surface area contributed by atoms with Crippen molar-refractivity contribution in [2.24, 2.45) is 0 Å². The molecule has 7 heteroatoms. The second-order valence-electron chi connectivity index (χ2n) is 7.43. The van der Waals surface area contributed by atoms with E-state index in [1.807, 2.05) is 37.3 Å². The van der Waals surface area contributed by atoms with Crippen LogP contribution in [0.1, 0.15) is 40.6 Å². The Balaban J connectivity index is 1.51. The summed E-state index contributed by atoms with van der Waals surface area (Å²) >= 11 is 1.43. The van der Waals surface area contributed by atoms with Crippen LogP contribution in [0.2, 0.25) is 0 Å². The van der Waals surface area contributed by atoms with Gasteiger partial charge in [-0.15, -0.1) is 11.3 Å².